The Balaban J connectivity index is 1.97. The number of alkyl halides is 3. The molecule has 2 aromatic rings. The molecular weight excluding hydrogens is 367 g/mol. The number of ether oxygens (including phenoxy) is 4. The average Bonchev–Trinajstić information content (AvgIpc) is 3.12. The van der Waals surface area contributed by atoms with E-state index in [0.717, 1.165) is 0 Å². The van der Waals surface area contributed by atoms with E-state index in [-0.39, 0.29) is 24.8 Å². The maximum atomic E-state index is 13.1. The Hall–Kier alpha value is -3.10. The first-order chi connectivity index (χ1) is 12.8. The third kappa shape index (κ3) is 3.86. The van der Waals surface area contributed by atoms with Crippen molar-refractivity contribution in [3.63, 3.8) is 0 Å². The van der Waals surface area contributed by atoms with E-state index in [1.807, 2.05) is 0 Å². The summed E-state index contributed by atoms with van der Waals surface area (Å²) in [5, 5.41) is 0. The van der Waals surface area contributed by atoms with Gasteiger partial charge in [-0.1, -0.05) is 6.07 Å². The van der Waals surface area contributed by atoms with E-state index >= 15 is 0 Å². The van der Waals surface area contributed by atoms with Crippen molar-refractivity contribution in [2.75, 3.05) is 25.9 Å². The molecule has 2 aromatic carbocycles. The minimum absolute atomic E-state index is 0.0261. The highest BCUT2D eigenvalue weighted by Gasteiger charge is 2.43. The molecule has 0 aromatic heterocycles. The van der Waals surface area contributed by atoms with Crippen LogP contribution in [0.3, 0.4) is 0 Å². The summed E-state index contributed by atoms with van der Waals surface area (Å²) in [6, 6.07) is 8.81. The lowest BCUT2D eigenvalue weighted by Crippen LogP contribution is -2.40. The molecule has 0 saturated heterocycles. The summed E-state index contributed by atoms with van der Waals surface area (Å²) in [6.45, 7) is -0.347. The number of halogens is 3. The maximum Gasteiger partial charge on any atom is 0.471 e. The van der Waals surface area contributed by atoms with Gasteiger partial charge < -0.3 is 23.8 Å². The van der Waals surface area contributed by atoms with Gasteiger partial charge in [-0.3, -0.25) is 4.79 Å². The highest BCUT2D eigenvalue weighted by atomic mass is 19.4. The number of amides is 1. The minimum atomic E-state index is -5.03. The number of benzene rings is 2. The second kappa shape index (κ2) is 7.26. The van der Waals surface area contributed by atoms with Gasteiger partial charge in [-0.05, 0) is 29.8 Å². The molecule has 1 amide bonds. The molecule has 0 N–H and O–H groups in total. The number of anilines is 1. The van der Waals surface area contributed by atoms with Crippen LogP contribution in [0, 0.1) is 0 Å². The molecule has 0 aliphatic carbocycles. The van der Waals surface area contributed by atoms with E-state index in [2.05, 4.69) is 0 Å². The van der Waals surface area contributed by atoms with Crippen LogP contribution in [0.4, 0.5) is 18.9 Å². The Bertz CT molecular complexity index is 853. The molecule has 0 saturated carbocycles. The molecule has 0 fully saturated rings. The van der Waals surface area contributed by atoms with Gasteiger partial charge in [0.25, 0.3) is 0 Å². The standard InChI is InChI=1S/C18H16F3NO5/c1-24-13-5-3-11(7-15(13)25-2)9-22(17(23)18(19,20)21)12-4-6-14-16(8-12)27-10-26-14/h3-8H,9-10H2,1-2H3. The topological polar surface area (TPSA) is 57.2 Å². The van der Waals surface area contributed by atoms with Crippen molar-refractivity contribution in [1.29, 1.82) is 0 Å². The fraction of sp³-hybridized carbons (Fsp3) is 0.278. The van der Waals surface area contributed by atoms with E-state index in [9.17, 15) is 18.0 Å². The van der Waals surface area contributed by atoms with Crippen LogP contribution in [0.5, 0.6) is 23.0 Å². The zero-order valence-corrected chi connectivity index (χ0v) is 14.5. The number of carbonyl (C=O) groups is 1. The Kier molecular flexibility index (Phi) is 5.02. The van der Waals surface area contributed by atoms with Gasteiger partial charge in [-0.2, -0.15) is 13.2 Å². The Morgan fingerprint density at radius 3 is 2.41 bits per heavy atom. The smallest absolute Gasteiger partial charge is 0.471 e. The molecule has 1 aliphatic rings. The Morgan fingerprint density at radius 1 is 1.04 bits per heavy atom. The second-order valence-corrected chi connectivity index (χ2v) is 5.62. The fourth-order valence-corrected chi connectivity index (χ4v) is 2.65. The second-order valence-electron chi connectivity index (χ2n) is 5.62. The zero-order valence-electron chi connectivity index (χ0n) is 14.5. The lowest BCUT2D eigenvalue weighted by molar-refractivity contribution is -0.170. The van der Waals surface area contributed by atoms with Crippen molar-refractivity contribution in [3.05, 3.63) is 42.0 Å². The molecular formula is C18H16F3NO5. The molecule has 0 unspecified atom stereocenters. The van der Waals surface area contributed by atoms with E-state index < -0.39 is 12.1 Å². The number of hydrogen-bond acceptors (Lipinski definition) is 5. The monoisotopic (exact) mass is 383 g/mol. The summed E-state index contributed by atoms with van der Waals surface area (Å²) in [7, 11) is 2.86. The van der Waals surface area contributed by atoms with E-state index in [1.54, 1.807) is 12.1 Å². The number of nitrogens with zero attached hydrogens (tertiary/aromatic N) is 1. The van der Waals surface area contributed by atoms with Crippen molar-refractivity contribution in [3.8, 4) is 23.0 Å². The summed E-state index contributed by atoms with van der Waals surface area (Å²) in [5.74, 6) is -0.529. The summed E-state index contributed by atoms with van der Waals surface area (Å²) in [5.41, 5.74) is 0.472. The van der Waals surface area contributed by atoms with Crippen LogP contribution in [0.15, 0.2) is 36.4 Å². The zero-order chi connectivity index (χ0) is 19.6. The average molecular weight is 383 g/mol. The first kappa shape index (κ1) is 18.7. The number of methoxy groups -OCH3 is 2. The van der Waals surface area contributed by atoms with Crippen LogP contribution >= 0.6 is 0 Å². The first-order valence-electron chi connectivity index (χ1n) is 7.82. The Morgan fingerprint density at radius 2 is 1.74 bits per heavy atom. The van der Waals surface area contributed by atoms with Crippen LogP contribution in [-0.2, 0) is 11.3 Å². The van der Waals surface area contributed by atoms with Crippen LogP contribution in [0.25, 0.3) is 0 Å². The molecule has 1 aliphatic heterocycles. The van der Waals surface area contributed by atoms with Crippen molar-refractivity contribution in [2.45, 2.75) is 12.7 Å². The van der Waals surface area contributed by atoms with Crippen molar-refractivity contribution >= 4 is 11.6 Å². The SMILES string of the molecule is COc1ccc(CN(C(=O)C(F)(F)F)c2ccc3c(c2)OCO3)cc1OC. The van der Waals surface area contributed by atoms with E-state index in [0.29, 0.717) is 27.7 Å². The van der Waals surface area contributed by atoms with Gasteiger partial charge in [0.1, 0.15) is 0 Å². The summed E-state index contributed by atoms with van der Waals surface area (Å²) in [4.78, 5) is 12.6. The van der Waals surface area contributed by atoms with E-state index in [1.165, 1.54) is 38.5 Å². The molecule has 0 radical (unpaired) electrons. The quantitative estimate of drug-likeness (QED) is 0.791. The Labute approximate surface area is 153 Å². The lowest BCUT2D eigenvalue weighted by atomic mass is 10.1. The van der Waals surface area contributed by atoms with Crippen LogP contribution in [0.1, 0.15) is 5.56 Å². The third-order valence-corrected chi connectivity index (χ3v) is 3.94. The number of carbonyl (C=O) groups excluding carboxylic acids is 1. The van der Waals surface area contributed by atoms with Gasteiger partial charge in [0.2, 0.25) is 6.79 Å². The third-order valence-electron chi connectivity index (χ3n) is 3.94. The summed E-state index contributed by atoms with van der Waals surface area (Å²) < 4.78 is 60.0. The van der Waals surface area contributed by atoms with E-state index in [4.69, 9.17) is 18.9 Å². The lowest BCUT2D eigenvalue weighted by Gasteiger charge is -2.24. The van der Waals surface area contributed by atoms with Gasteiger partial charge in [0, 0.05) is 11.8 Å². The van der Waals surface area contributed by atoms with Crippen molar-refractivity contribution < 1.29 is 36.9 Å². The molecule has 0 bridgehead atoms. The van der Waals surface area contributed by atoms with Crippen LogP contribution in [0.2, 0.25) is 0 Å². The molecule has 0 spiro atoms. The predicted molar refractivity (Wildman–Crippen MR) is 89.4 cm³/mol. The molecule has 3 rings (SSSR count). The molecule has 0 atom stereocenters. The highest BCUT2D eigenvalue weighted by molar-refractivity contribution is 5.97. The normalized spacial score (nSPS) is 12.6. The highest BCUT2D eigenvalue weighted by Crippen LogP contribution is 2.37. The van der Waals surface area contributed by atoms with Gasteiger partial charge >= 0.3 is 12.1 Å². The van der Waals surface area contributed by atoms with Gasteiger partial charge in [0.05, 0.1) is 20.8 Å². The molecule has 27 heavy (non-hydrogen) atoms. The number of hydrogen-bond donors (Lipinski definition) is 0. The minimum Gasteiger partial charge on any atom is -0.493 e. The molecule has 144 valence electrons. The van der Waals surface area contributed by atoms with Gasteiger partial charge in [0.15, 0.2) is 23.0 Å². The maximum absolute atomic E-state index is 13.1. The van der Waals surface area contributed by atoms with Crippen LogP contribution < -0.4 is 23.8 Å². The molecule has 1 heterocycles. The summed E-state index contributed by atoms with van der Waals surface area (Å²) >= 11 is 0. The first-order valence-corrected chi connectivity index (χ1v) is 7.82. The van der Waals surface area contributed by atoms with Crippen molar-refractivity contribution in [1.82, 2.24) is 0 Å². The van der Waals surface area contributed by atoms with Gasteiger partial charge in [-0.25, -0.2) is 0 Å². The van der Waals surface area contributed by atoms with Gasteiger partial charge in [-0.15, -0.1) is 0 Å². The van der Waals surface area contributed by atoms with Crippen LogP contribution in [-0.4, -0.2) is 33.1 Å². The molecule has 6 nitrogen and oxygen atoms in total. The predicted octanol–water partition coefficient (Wildman–Crippen LogP) is 3.53. The largest absolute Gasteiger partial charge is 0.493 e. The number of rotatable bonds is 5. The van der Waals surface area contributed by atoms with Crippen molar-refractivity contribution in [2.24, 2.45) is 0 Å². The fourth-order valence-electron chi connectivity index (χ4n) is 2.65. The number of fused-ring (bicyclic) bond motifs is 1. The molecule has 9 heteroatoms. The summed E-state index contributed by atoms with van der Waals surface area (Å²) in [6.07, 6.45) is -5.03.